The summed E-state index contributed by atoms with van der Waals surface area (Å²) in [5, 5.41) is 13.1. The third-order valence-electron chi connectivity index (χ3n) is 6.27. The van der Waals surface area contributed by atoms with Gasteiger partial charge in [0.2, 0.25) is 0 Å². The monoisotopic (exact) mass is 504 g/mol. The molecule has 1 atom stereocenters. The molecule has 194 valence electrons. The Balaban J connectivity index is 1.71. The first-order valence-electron chi connectivity index (χ1n) is 12.3. The molecule has 4 rings (SSSR count). The zero-order valence-corrected chi connectivity index (χ0v) is 21.6. The Kier molecular flexibility index (Phi) is 8.29. The van der Waals surface area contributed by atoms with Crippen LogP contribution in [0.2, 0.25) is 0 Å². The van der Waals surface area contributed by atoms with Crippen molar-refractivity contribution in [1.82, 2.24) is 30.1 Å². The molecule has 37 heavy (non-hydrogen) atoms. The third-order valence-corrected chi connectivity index (χ3v) is 6.27. The van der Waals surface area contributed by atoms with Crippen molar-refractivity contribution in [2.24, 2.45) is 0 Å². The van der Waals surface area contributed by atoms with Gasteiger partial charge in [0.1, 0.15) is 12.3 Å². The number of pyridine rings is 1. The Morgan fingerprint density at radius 2 is 1.89 bits per heavy atom. The van der Waals surface area contributed by atoms with Crippen LogP contribution in [0.25, 0.3) is 10.9 Å². The predicted octanol–water partition coefficient (Wildman–Crippen LogP) is 3.55. The molecule has 0 saturated carbocycles. The number of hydrogen-bond donors (Lipinski definition) is 1. The van der Waals surface area contributed by atoms with Crippen LogP contribution in [-0.4, -0.2) is 49.8 Å². The zero-order valence-electron chi connectivity index (χ0n) is 21.6. The predicted molar refractivity (Wildman–Crippen MR) is 139 cm³/mol. The lowest BCUT2D eigenvalue weighted by Gasteiger charge is -2.30. The van der Waals surface area contributed by atoms with Crippen LogP contribution >= 0.6 is 0 Å². The molecule has 0 spiro atoms. The van der Waals surface area contributed by atoms with Crippen molar-refractivity contribution in [3.8, 4) is 5.75 Å². The Morgan fingerprint density at radius 3 is 2.59 bits per heavy atom. The molecule has 0 aliphatic rings. The number of rotatable bonds is 11. The molecule has 2 aromatic heterocycles. The van der Waals surface area contributed by atoms with Crippen molar-refractivity contribution in [3.63, 3.8) is 0 Å². The van der Waals surface area contributed by atoms with E-state index in [0.29, 0.717) is 30.9 Å². The molecular weight excluding hydrogens is 472 g/mol. The zero-order chi connectivity index (χ0) is 26.4. The summed E-state index contributed by atoms with van der Waals surface area (Å²) in [6, 6.07) is 15.5. The number of carbonyl (C=O) groups excluding carboxylic acids is 1. The second kappa shape index (κ2) is 11.8. The van der Waals surface area contributed by atoms with E-state index in [1.165, 1.54) is 4.68 Å². The molecule has 2 heterocycles. The largest absolute Gasteiger partial charge is 0.497 e. The Hall–Kier alpha value is -4.05. The fourth-order valence-corrected chi connectivity index (χ4v) is 4.43. The summed E-state index contributed by atoms with van der Waals surface area (Å²) in [5.74, 6) is 0.896. The number of ether oxygens (including phenoxy) is 2. The molecule has 4 aromatic rings. The molecule has 10 nitrogen and oxygen atoms in total. The number of nitrogens with zero attached hydrogens (tertiary/aromatic N) is 5. The lowest BCUT2D eigenvalue weighted by Crippen LogP contribution is -2.33. The second-order valence-electron chi connectivity index (χ2n) is 8.89. The van der Waals surface area contributed by atoms with Gasteiger partial charge in [0.15, 0.2) is 5.82 Å². The molecule has 0 amide bonds. The normalized spacial score (nSPS) is 12.1. The van der Waals surface area contributed by atoms with Gasteiger partial charge in [0.05, 0.1) is 19.8 Å². The molecule has 0 aliphatic heterocycles. The molecule has 0 unspecified atom stereocenters. The first-order chi connectivity index (χ1) is 17.9. The van der Waals surface area contributed by atoms with Crippen molar-refractivity contribution >= 4 is 16.9 Å². The van der Waals surface area contributed by atoms with Crippen molar-refractivity contribution < 1.29 is 14.3 Å². The van der Waals surface area contributed by atoms with E-state index in [1.807, 2.05) is 62.4 Å². The standard InChI is InChI=1S/C27H32N6O4/c1-5-24(26-29-30-31-33(26)17-25(34)37-6-2)32(15-19-8-11-22(36-4)12-9-19)16-21-14-20-10-7-18(3)13-23(20)28-27(21)35/h7-14,24H,5-6,15-17H2,1-4H3,(H,28,35)/t24-/m1/s1. The highest BCUT2D eigenvalue weighted by Gasteiger charge is 2.27. The highest BCUT2D eigenvalue weighted by atomic mass is 16.5. The van der Waals surface area contributed by atoms with Gasteiger partial charge in [-0.2, -0.15) is 0 Å². The average molecular weight is 505 g/mol. The van der Waals surface area contributed by atoms with Gasteiger partial charge in [-0.15, -0.1) is 5.10 Å². The quantitative estimate of drug-likeness (QED) is 0.308. The summed E-state index contributed by atoms with van der Waals surface area (Å²) in [6.07, 6.45) is 0.657. The number of hydrogen-bond acceptors (Lipinski definition) is 8. The van der Waals surface area contributed by atoms with Crippen LogP contribution in [0, 0.1) is 6.92 Å². The molecule has 0 saturated heterocycles. The fraction of sp³-hybridized carbons (Fsp3) is 0.370. The molecule has 1 N–H and O–H groups in total. The Labute approximate surface area is 215 Å². The van der Waals surface area contributed by atoms with E-state index >= 15 is 0 Å². The first kappa shape index (κ1) is 26.0. The molecule has 10 heteroatoms. The summed E-state index contributed by atoms with van der Waals surface area (Å²) in [6.45, 7) is 6.86. The van der Waals surface area contributed by atoms with E-state index < -0.39 is 5.97 Å². The number of H-pyrrole nitrogens is 1. The van der Waals surface area contributed by atoms with Gasteiger partial charge in [0.25, 0.3) is 5.56 Å². The average Bonchev–Trinajstić information content (AvgIpc) is 3.33. The fourth-order valence-electron chi connectivity index (χ4n) is 4.43. The molecule has 0 fully saturated rings. The van der Waals surface area contributed by atoms with Crippen molar-refractivity contribution in [3.05, 3.63) is 81.4 Å². The van der Waals surface area contributed by atoms with Crippen LogP contribution in [-0.2, 0) is 29.2 Å². The van der Waals surface area contributed by atoms with Gasteiger partial charge >= 0.3 is 5.97 Å². The van der Waals surface area contributed by atoms with Gasteiger partial charge in [-0.3, -0.25) is 14.5 Å². The maximum Gasteiger partial charge on any atom is 0.327 e. The molecule has 0 radical (unpaired) electrons. The summed E-state index contributed by atoms with van der Waals surface area (Å²) in [7, 11) is 1.63. The molecule has 2 aromatic carbocycles. The number of aryl methyl sites for hydroxylation is 1. The van der Waals surface area contributed by atoms with Crippen LogP contribution < -0.4 is 10.3 Å². The van der Waals surface area contributed by atoms with Gasteiger partial charge < -0.3 is 14.5 Å². The lowest BCUT2D eigenvalue weighted by molar-refractivity contribution is -0.144. The number of methoxy groups -OCH3 is 1. The van der Waals surface area contributed by atoms with E-state index in [1.54, 1.807) is 14.0 Å². The van der Waals surface area contributed by atoms with E-state index in [0.717, 1.165) is 27.8 Å². The Morgan fingerprint density at radius 1 is 1.11 bits per heavy atom. The van der Waals surface area contributed by atoms with Crippen LogP contribution in [0.3, 0.4) is 0 Å². The molecule has 0 bridgehead atoms. The van der Waals surface area contributed by atoms with E-state index in [2.05, 4.69) is 25.4 Å². The van der Waals surface area contributed by atoms with Crippen molar-refractivity contribution in [2.75, 3.05) is 13.7 Å². The summed E-state index contributed by atoms with van der Waals surface area (Å²) in [4.78, 5) is 30.4. The maximum atomic E-state index is 13.1. The number of nitrogens with one attached hydrogen (secondary N) is 1. The molecular formula is C27H32N6O4. The first-order valence-corrected chi connectivity index (χ1v) is 12.3. The van der Waals surface area contributed by atoms with E-state index in [-0.39, 0.29) is 24.8 Å². The van der Waals surface area contributed by atoms with Gasteiger partial charge in [-0.25, -0.2) is 4.68 Å². The van der Waals surface area contributed by atoms with Crippen LogP contribution in [0.15, 0.2) is 53.3 Å². The summed E-state index contributed by atoms with van der Waals surface area (Å²) < 4.78 is 11.9. The highest BCUT2D eigenvalue weighted by molar-refractivity contribution is 5.79. The maximum absolute atomic E-state index is 13.1. The number of aromatic nitrogens is 5. The second-order valence-corrected chi connectivity index (χ2v) is 8.89. The highest BCUT2D eigenvalue weighted by Crippen LogP contribution is 2.27. The summed E-state index contributed by atoms with van der Waals surface area (Å²) >= 11 is 0. The van der Waals surface area contributed by atoms with Crippen molar-refractivity contribution in [2.45, 2.75) is 52.9 Å². The lowest BCUT2D eigenvalue weighted by atomic mass is 10.1. The minimum absolute atomic E-state index is 0.0844. The summed E-state index contributed by atoms with van der Waals surface area (Å²) in [5.41, 5.74) is 3.42. The van der Waals surface area contributed by atoms with E-state index in [9.17, 15) is 9.59 Å². The van der Waals surface area contributed by atoms with E-state index in [4.69, 9.17) is 9.47 Å². The number of fused-ring (bicyclic) bond motifs is 1. The minimum Gasteiger partial charge on any atom is -0.497 e. The third kappa shape index (κ3) is 6.21. The smallest absolute Gasteiger partial charge is 0.327 e. The SMILES string of the molecule is CCOC(=O)Cn1nnnc1[C@@H](CC)N(Cc1ccc(OC)cc1)Cc1cc2ccc(C)cc2[nH]c1=O. The molecule has 0 aliphatic carbocycles. The van der Waals surface area contributed by atoms with Crippen LogP contribution in [0.5, 0.6) is 5.75 Å². The number of aromatic amines is 1. The Bertz CT molecular complexity index is 1410. The minimum atomic E-state index is -0.408. The number of benzene rings is 2. The number of carbonyl (C=O) groups is 1. The van der Waals surface area contributed by atoms with Gasteiger partial charge in [-0.05, 0) is 71.5 Å². The van der Waals surface area contributed by atoms with Gasteiger partial charge in [-0.1, -0.05) is 31.2 Å². The van der Waals surface area contributed by atoms with Gasteiger partial charge in [0, 0.05) is 24.2 Å². The topological polar surface area (TPSA) is 115 Å². The van der Waals surface area contributed by atoms with Crippen molar-refractivity contribution in [1.29, 1.82) is 0 Å². The van der Waals surface area contributed by atoms with Crippen LogP contribution in [0.4, 0.5) is 0 Å². The van der Waals surface area contributed by atoms with Crippen LogP contribution in [0.1, 0.15) is 48.8 Å². The number of tetrazole rings is 1. The number of esters is 1.